The number of hydrogen-bond donors (Lipinski definition) is 1. The van der Waals surface area contributed by atoms with Gasteiger partial charge in [-0.2, -0.15) is 0 Å². The van der Waals surface area contributed by atoms with E-state index in [1.165, 1.54) is 18.4 Å². The number of pyridine rings is 1. The van der Waals surface area contributed by atoms with Gasteiger partial charge in [-0.3, -0.25) is 9.78 Å². The highest BCUT2D eigenvalue weighted by molar-refractivity contribution is 5.79. The Kier molecular flexibility index (Phi) is 4.57. The third kappa shape index (κ3) is 3.59. The fourth-order valence-corrected chi connectivity index (χ4v) is 4.67. The van der Waals surface area contributed by atoms with Crippen LogP contribution in [0, 0.1) is 17.8 Å². The molecule has 1 N–H and O–H groups in total. The van der Waals surface area contributed by atoms with Gasteiger partial charge < -0.3 is 9.84 Å². The lowest BCUT2D eigenvalue weighted by molar-refractivity contribution is -0.127. The molecule has 2 saturated carbocycles. The number of nitrogens with zero attached hydrogens (tertiary/aromatic N) is 1. The Labute approximate surface area is 150 Å². The molecule has 4 heteroatoms. The second-order valence-corrected chi connectivity index (χ2v) is 8.38. The third-order valence-corrected chi connectivity index (χ3v) is 6.36. The van der Waals surface area contributed by atoms with Crippen molar-refractivity contribution in [2.24, 2.45) is 17.8 Å². The zero-order chi connectivity index (χ0) is 17.4. The van der Waals surface area contributed by atoms with Gasteiger partial charge in [-0.25, -0.2) is 0 Å². The zero-order valence-corrected chi connectivity index (χ0v) is 15.2. The van der Waals surface area contributed by atoms with Gasteiger partial charge in [-0.15, -0.1) is 0 Å². The summed E-state index contributed by atoms with van der Waals surface area (Å²) in [5, 5.41) is 10.6. The van der Waals surface area contributed by atoms with Gasteiger partial charge in [0.2, 0.25) is 0 Å². The minimum absolute atomic E-state index is 0.334. The van der Waals surface area contributed by atoms with E-state index in [1.807, 2.05) is 6.20 Å². The Hall–Kier alpha value is -1.42. The summed E-state index contributed by atoms with van der Waals surface area (Å²) in [7, 11) is 0. The number of Topliss-reactive ketones (excluding diaryl/α,β-unsaturated/α-hetero) is 1. The summed E-state index contributed by atoms with van der Waals surface area (Å²) in [4.78, 5) is 17.0. The number of fused-ring (bicyclic) bond motifs is 1. The highest BCUT2D eigenvalue weighted by Gasteiger charge is 2.54. The minimum atomic E-state index is -0.426. The van der Waals surface area contributed by atoms with Crippen LogP contribution in [-0.4, -0.2) is 28.1 Å². The van der Waals surface area contributed by atoms with E-state index in [9.17, 15) is 9.90 Å². The highest BCUT2D eigenvalue weighted by atomic mass is 16.5. The number of carbonyl (C=O) groups is 1. The average Bonchev–Trinajstić information content (AvgIpc) is 3.39. The molecule has 0 bridgehead atoms. The lowest BCUT2D eigenvalue weighted by atomic mass is 9.61. The van der Waals surface area contributed by atoms with Crippen molar-refractivity contribution in [3.8, 4) is 5.75 Å². The van der Waals surface area contributed by atoms with E-state index in [0.717, 1.165) is 43.5 Å². The van der Waals surface area contributed by atoms with Crippen LogP contribution in [0.25, 0.3) is 0 Å². The van der Waals surface area contributed by atoms with Crippen LogP contribution in [0.2, 0.25) is 0 Å². The highest BCUT2D eigenvalue weighted by Crippen LogP contribution is 2.55. The summed E-state index contributed by atoms with van der Waals surface area (Å²) in [5.41, 5.74) is 1.87. The number of ether oxygens (including phenoxy) is 1. The first-order valence-corrected chi connectivity index (χ1v) is 9.92. The van der Waals surface area contributed by atoms with Crippen molar-refractivity contribution in [3.63, 3.8) is 0 Å². The maximum Gasteiger partial charge on any atom is 0.137 e. The van der Waals surface area contributed by atoms with Crippen molar-refractivity contribution in [2.75, 3.05) is 6.61 Å². The SMILES string of the molecule is CCCOc1cnc2c(c1)CCC(=O)CC([C@H]1C[C@@](O)(C3CC3)C1)C2. The first kappa shape index (κ1) is 17.0. The zero-order valence-electron chi connectivity index (χ0n) is 15.2. The van der Waals surface area contributed by atoms with Crippen LogP contribution in [0.1, 0.15) is 63.1 Å². The van der Waals surface area contributed by atoms with E-state index in [2.05, 4.69) is 18.0 Å². The summed E-state index contributed by atoms with van der Waals surface area (Å²) in [6.07, 6.45) is 9.80. The molecule has 1 aromatic heterocycles. The van der Waals surface area contributed by atoms with Crippen molar-refractivity contribution in [1.82, 2.24) is 4.98 Å². The van der Waals surface area contributed by atoms with Gasteiger partial charge in [0.25, 0.3) is 0 Å². The van der Waals surface area contributed by atoms with Crippen molar-refractivity contribution in [3.05, 3.63) is 23.5 Å². The van der Waals surface area contributed by atoms with Crippen molar-refractivity contribution < 1.29 is 14.6 Å². The predicted molar refractivity (Wildman–Crippen MR) is 95.6 cm³/mol. The molecule has 0 radical (unpaired) electrons. The van der Waals surface area contributed by atoms with Crippen LogP contribution >= 0.6 is 0 Å². The summed E-state index contributed by atoms with van der Waals surface area (Å²) >= 11 is 0. The van der Waals surface area contributed by atoms with Crippen LogP contribution in [-0.2, 0) is 17.6 Å². The number of rotatable bonds is 5. The monoisotopic (exact) mass is 343 g/mol. The molecule has 0 saturated heterocycles. The van der Waals surface area contributed by atoms with Crippen molar-refractivity contribution in [1.29, 1.82) is 0 Å². The Morgan fingerprint density at radius 2 is 2.04 bits per heavy atom. The van der Waals surface area contributed by atoms with Gasteiger partial charge in [0.05, 0.1) is 18.4 Å². The predicted octanol–water partition coefficient (Wildman–Crippen LogP) is 3.49. The molecule has 0 amide bonds. The van der Waals surface area contributed by atoms with Crippen LogP contribution in [0.3, 0.4) is 0 Å². The smallest absolute Gasteiger partial charge is 0.137 e. The Balaban J connectivity index is 1.48. The molecule has 136 valence electrons. The first-order chi connectivity index (χ1) is 12.1. The van der Waals surface area contributed by atoms with E-state index in [1.54, 1.807) is 0 Å². The van der Waals surface area contributed by atoms with Gasteiger partial charge in [0, 0.05) is 18.5 Å². The molecule has 4 nitrogen and oxygen atoms in total. The summed E-state index contributed by atoms with van der Waals surface area (Å²) in [6.45, 7) is 2.79. The molecule has 0 aromatic carbocycles. The molecule has 25 heavy (non-hydrogen) atoms. The number of carbonyl (C=O) groups excluding carboxylic acids is 1. The number of aromatic nitrogens is 1. The lowest BCUT2D eigenvalue weighted by Crippen LogP contribution is -2.49. The molecule has 1 atom stereocenters. The summed E-state index contributed by atoms with van der Waals surface area (Å²) in [6, 6.07) is 2.08. The van der Waals surface area contributed by atoms with E-state index in [4.69, 9.17) is 4.74 Å². The minimum Gasteiger partial charge on any atom is -0.492 e. The van der Waals surface area contributed by atoms with Crippen LogP contribution in [0.15, 0.2) is 12.3 Å². The first-order valence-electron chi connectivity index (χ1n) is 9.92. The molecule has 0 spiro atoms. The van der Waals surface area contributed by atoms with Gasteiger partial charge >= 0.3 is 0 Å². The van der Waals surface area contributed by atoms with Crippen molar-refractivity contribution in [2.45, 2.75) is 70.3 Å². The van der Waals surface area contributed by atoms with Gasteiger partial charge in [0.1, 0.15) is 11.5 Å². The molecule has 4 rings (SSSR count). The second-order valence-electron chi connectivity index (χ2n) is 8.38. The van der Waals surface area contributed by atoms with Gasteiger partial charge in [-0.1, -0.05) is 6.92 Å². The van der Waals surface area contributed by atoms with E-state index in [-0.39, 0.29) is 0 Å². The molecular formula is C21H29NO3. The number of aliphatic hydroxyl groups is 1. The van der Waals surface area contributed by atoms with E-state index in [0.29, 0.717) is 43.0 Å². The number of ketones is 1. The third-order valence-electron chi connectivity index (χ3n) is 6.36. The molecule has 0 aliphatic heterocycles. The lowest BCUT2D eigenvalue weighted by Gasteiger charge is -2.48. The second kappa shape index (κ2) is 6.71. The standard InChI is InChI=1S/C21H29NO3/c1-2-7-25-19-9-14-3-6-18(23)8-15(10-20(14)22-13-19)16-11-21(24,12-16)17-4-5-17/h9,13,15-17,24H,2-8,10-12H2,1H3/t15?,16-,21-. The number of aryl methyl sites for hydroxylation is 1. The van der Waals surface area contributed by atoms with Crippen LogP contribution in [0.4, 0.5) is 0 Å². The Morgan fingerprint density at radius 1 is 1.24 bits per heavy atom. The topological polar surface area (TPSA) is 59.4 Å². The summed E-state index contributed by atoms with van der Waals surface area (Å²) < 4.78 is 5.71. The Bertz CT molecular complexity index is 647. The Morgan fingerprint density at radius 3 is 2.76 bits per heavy atom. The molecule has 1 aromatic rings. The molecule has 3 aliphatic carbocycles. The maximum atomic E-state index is 12.4. The summed E-state index contributed by atoms with van der Waals surface area (Å²) in [5.74, 6) is 2.50. The fraction of sp³-hybridized carbons (Fsp3) is 0.714. The van der Waals surface area contributed by atoms with Crippen LogP contribution < -0.4 is 4.74 Å². The van der Waals surface area contributed by atoms with E-state index >= 15 is 0 Å². The average molecular weight is 343 g/mol. The van der Waals surface area contributed by atoms with Gasteiger partial charge in [0.15, 0.2) is 0 Å². The molecule has 1 unspecified atom stereocenters. The number of hydrogen-bond acceptors (Lipinski definition) is 4. The quantitative estimate of drug-likeness (QED) is 0.889. The normalized spacial score (nSPS) is 32.3. The molecule has 2 fully saturated rings. The largest absolute Gasteiger partial charge is 0.492 e. The van der Waals surface area contributed by atoms with Gasteiger partial charge in [-0.05, 0) is 74.3 Å². The molecule has 1 heterocycles. The molecular weight excluding hydrogens is 314 g/mol. The van der Waals surface area contributed by atoms with Crippen molar-refractivity contribution >= 4 is 5.78 Å². The van der Waals surface area contributed by atoms with Crippen LogP contribution in [0.5, 0.6) is 5.75 Å². The van der Waals surface area contributed by atoms with E-state index < -0.39 is 5.60 Å². The fourth-order valence-electron chi connectivity index (χ4n) is 4.67. The maximum absolute atomic E-state index is 12.4. The molecule has 3 aliphatic rings.